The van der Waals surface area contributed by atoms with E-state index in [1.807, 2.05) is 14.1 Å². The Morgan fingerprint density at radius 3 is 2.26 bits per heavy atom. The Labute approximate surface area is 112 Å². The molecule has 1 aromatic heterocycles. The maximum Gasteiger partial charge on any atom is 0.231 e. The molecular weight excluding hydrogens is 270 g/mol. The van der Waals surface area contributed by atoms with Crippen LogP contribution in [0.15, 0.2) is 0 Å². The molecule has 108 valence electrons. The molecule has 0 saturated carbocycles. The van der Waals surface area contributed by atoms with Gasteiger partial charge >= 0.3 is 0 Å². The fourth-order valence-electron chi connectivity index (χ4n) is 1.15. The summed E-state index contributed by atoms with van der Waals surface area (Å²) < 4.78 is 24.8. The van der Waals surface area contributed by atoms with Crippen molar-refractivity contribution in [2.24, 2.45) is 0 Å². The van der Waals surface area contributed by atoms with Crippen molar-refractivity contribution in [3.8, 4) is 0 Å². The summed E-state index contributed by atoms with van der Waals surface area (Å²) in [6.45, 7) is 0.212. The molecule has 0 spiro atoms. The van der Waals surface area contributed by atoms with Gasteiger partial charge in [0.05, 0.1) is 5.75 Å². The highest BCUT2D eigenvalue weighted by molar-refractivity contribution is 7.89. The van der Waals surface area contributed by atoms with Gasteiger partial charge in [-0.05, 0) is 7.05 Å². The van der Waals surface area contributed by atoms with Crippen LogP contribution in [0.5, 0.6) is 0 Å². The van der Waals surface area contributed by atoms with Gasteiger partial charge in [-0.25, -0.2) is 13.1 Å². The van der Waals surface area contributed by atoms with Crippen molar-refractivity contribution in [2.45, 2.75) is 0 Å². The van der Waals surface area contributed by atoms with E-state index < -0.39 is 10.0 Å². The van der Waals surface area contributed by atoms with Crippen molar-refractivity contribution in [1.82, 2.24) is 19.7 Å². The van der Waals surface area contributed by atoms with Crippen LogP contribution in [-0.2, 0) is 10.0 Å². The highest BCUT2D eigenvalue weighted by Gasteiger charge is 2.09. The normalized spacial score (nSPS) is 11.2. The van der Waals surface area contributed by atoms with Crippen molar-refractivity contribution in [3.63, 3.8) is 0 Å². The third-order valence-electron chi connectivity index (χ3n) is 2.21. The van der Waals surface area contributed by atoms with Crippen molar-refractivity contribution >= 4 is 27.9 Å². The summed E-state index contributed by atoms with van der Waals surface area (Å²) >= 11 is 0. The average molecular weight is 289 g/mol. The van der Waals surface area contributed by atoms with Crippen molar-refractivity contribution < 1.29 is 8.42 Å². The van der Waals surface area contributed by atoms with Gasteiger partial charge in [-0.3, -0.25) is 0 Å². The molecule has 19 heavy (non-hydrogen) atoms. The number of aromatic nitrogens is 3. The number of anilines is 3. The lowest BCUT2D eigenvalue weighted by atomic mass is 10.7. The van der Waals surface area contributed by atoms with Crippen LogP contribution in [0, 0.1) is 0 Å². The lowest BCUT2D eigenvalue weighted by Crippen LogP contribution is -2.26. The summed E-state index contributed by atoms with van der Waals surface area (Å²) in [5.74, 6) is 1.17. The highest BCUT2D eigenvalue weighted by atomic mass is 32.2. The quantitative estimate of drug-likeness (QED) is 0.582. The smallest absolute Gasteiger partial charge is 0.231 e. The summed E-state index contributed by atoms with van der Waals surface area (Å²) in [4.78, 5) is 14.1. The summed E-state index contributed by atoms with van der Waals surface area (Å²) in [5.41, 5.74) is 0. The lowest BCUT2D eigenvalue weighted by molar-refractivity contribution is 0.588. The van der Waals surface area contributed by atoms with E-state index in [-0.39, 0.29) is 12.3 Å². The molecule has 1 aromatic rings. The molecule has 0 bridgehead atoms. The van der Waals surface area contributed by atoms with Crippen LogP contribution in [0.3, 0.4) is 0 Å². The van der Waals surface area contributed by atoms with Crippen molar-refractivity contribution in [3.05, 3.63) is 0 Å². The van der Waals surface area contributed by atoms with E-state index in [0.29, 0.717) is 17.8 Å². The first kappa shape index (κ1) is 15.4. The predicted octanol–water partition coefficient (Wildman–Crippen LogP) is -1.06. The molecule has 0 fully saturated rings. The molecule has 10 heteroatoms. The van der Waals surface area contributed by atoms with Gasteiger partial charge in [-0.2, -0.15) is 15.0 Å². The third-order valence-corrected chi connectivity index (χ3v) is 3.58. The van der Waals surface area contributed by atoms with Crippen LogP contribution < -0.4 is 20.3 Å². The Hall–Kier alpha value is -1.68. The first-order valence-electron chi connectivity index (χ1n) is 5.64. The molecule has 0 saturated heterocycles. The predicted molar refractivity (Wildman–Crippen MR) is 75.0 cm³/mol. The maximum atomic E-state index is 11.3. The summed E-state index contributed by atoms with van der Waals surface area (Å²) in [6.07, 6.45) is 0. The van der Waals surface area contributed by atoms with E-state index in [2.05, 4.69) is 30.3 Å². The number of sulfonamides is 1. The monoisotopic (exact) mass is 289 g/mol. The lowest BCUT2D eigenvalue weighted by Gasteiger charge is -2.13. The van der Waals surface area contributed by atoms with Crippen molar-refractivity contribution in [2.75, 3.05) is 56.0 Å². The standard InChI is InChI=1S/C9H19N7O2S/c1-10-7-13-8(15-9(14-7)16(3)4)12-5-6-19(17,18)11-2/h11H,5-6H2,1-4H3,(H2,10,12,13,14,15). The summed E-state index contributed by atoms with van der Waals surface area (Å²) in [5, 5.41) is 5.68. The third kappa shape index (κ3) is 4.83. The van der Waals surface area contributed by atoms with Crippen LogP contribution in [-0.4, -0.2) is 63.9 Å². The zero-order valence-electron chi connectivity index (χ0n) is 11.4. The van der Waals surface area contributed by atoms with E-state index >= 15 is 0 Å². The van der Waals surface area contributed by atoms with Gasteiger partial charge in [0.15, 0.2) is 0 Å². The van der Waals surface area contributed by atoms with Gasteiger partial charge in [0, 0.05) is 27.7 Å². The summed E-state index contributed by atoms with van der Waals surface area (Å²) in [7, 11) is 3.45. The largest absolute Gasteiger partial charge is 0.357 e. The Bertz CT molecular complexity index is 517. The zero-order valence-corrected chi connectivity index (χ0v) is 12.2. The number of rotatable bonds is 7. The average Bonchev–Trinajstić information content (AvgIpc) is 2.38. The molecule has 0 atom stereocenters. The van der Waals surface area contributed by atoms with Crippen molar-refractivity contribution in [1.29, 1.82) is 0 Å². The zero-order chi connectivity index (χ0) is 14.5. The molecular formula is C9H19N7O2S. The number of nitrogens with zero attached hydrogens (tertiary/aromatic N) is 4. The van der Waals surface area contributed by atoms with Crippen LogP contribution >= 0.6 is 0 Å². The van der Waals surface area contributed by atoms with Crippen LogP contribution in [0.2, 0.25) is 0 Å². The molecule has 0 aliphatic carbocycles. The van der Waals surface area contributed by atoms with Crippen LogP contribution in [0.25, 0.3) is 0 Å². The fourth-order valence-corrected chi connectivity index (χ4v) is 1.73. The second kappa shape index (κ2) is 6.48. The van der Waals surface area contributed by atoms with Gasteiger partial charge in [0.1, 0.15) is 0 Å². The fraction of sp³-hybridized carbons (Fsp3) is 0.667. The van der Waals surface area contributed by atoms with Gasteiger partial charge in [-0.15, -0.1) is 0 Å². The topological polar surface area (TPSA) is 112 Å². The highest BCUT2D eigenvalue weighted by Crippen LogP contribution is 2.10. The minimum absolute atomic E-state index is 0.0542. The van der Waals surface area contributed by atoms with Crippen LogP contribution in [0.4, 0.5) is 17.8 Å². The Balaban J connectivity index is 2.75. The van der Waals surface area contributed by atoms with E-state index in [4.69, 9.17) is 0 Å². The Kier molecular flexibility index (Phi) is 5.24. The Morgan fingerprint density at radius 2 is 1.74 bits per heavy atom. The second-order valence-electron chi connectivity index (χ2n) is 3.88. The molecule has 0 aliphatic rings. The summed E-state index contributed by atoms with van der Waals surface area (Å²) in [6, 6.07) is 0. The number of hydrogen-bond acceptors (Lipinski definition) is 8. The van der Waals surface area contributed by atoms with Gasteiger partial charge in [0.25, 0.3) is 0 Å². The number of hydrogen-bond donors (Lipinski definition) is 3. The van der Waals surface area contributed by atoms with E-state index in [0.717, 1.165) is 0 Å². The minimum Gasteiger partial charge on any atom is -0.357 e. The molecule has 9 nitrogen and oxygen atoms in total. The molecule has 0 amide bonds. The van der Waals surface area contributed by atoms with E-state index in [9.17, 15) is 8.42 Å². The number of nitrogens with one attached hydrogen (secondary N) is 3. The first-order chi connectivity index (χ1) is 8.88. The molecule has 1 heterocycles. The van der Waals surface area contributed by atoms with Gasteiger partial charge < -0.3 is 15.5 Å². The first-order valence-corrected chi connectivity index (χ1v) is 7.29. The molecule has 0 aromatic carbocycles. The van der Waals surface area contributed by atoms with Gasteiger partial charge in [0.2, 0.25) is 27.9 Å². The molecule has 1 rings (SSSR count). The second-order valence-corrected chi connectivity index (χ2v) is 5.92. The van der Waals surface area contributed by atoms with Crippen LogP contribution in [0.1, 0.15) is 0 Å². The van der Waals surface area contributed by atoms with E-state index in [1.54, 1.807) is 11.9 Å². The maximum absolute atomic E-state index is 11.3. The molecule has 0 radical (unpaired) electrons. The molecule has 3 N–H and O–H groups in total. The Morgan fingerprint density at radius 1 is 1.11 bits per heavy atom. The van der Waals surface area contributed by atoms with E-state index in [1.165, 1.54) is 7.05 Å². The molecule has 0 aliphatic heterocycles. The molecule has 0 unspecified atom stereocenters. The minimum atomic E-state index is -3.24. The van der Waals surface area contributed by atoms with Gasteiger partial charge in [-0.1, -0.05) is 0 Å². The SMILES string of the molecule is CNc1nc(NCCS(=O)(=O)NC)nc(N(C)C)n1.